The van der Waals surface area contributed by atoms with Crippen molar-refractivity contribution < 1.29 is 0 Å². The van der Waals surface area contributed by atoms with E-state index in [1.54, 1.807) is 0 Å². The van der Waals surface area contributed by atoms with Crippen LogP contribution >= 0.6 is 0 Å². The number of rotatable bonds is 1. The average Bonchev–Trinajstić information content (AvgIpc) is 2.81. The normalized spacial score (nSPS) is 30.3. The van der Waals surface area contributed by atoms with Gasteiger partial charge in [-0.05, 0) is 30.9 Å². The Hall–Kier alpha value is -1.25. The minimum Gasteiger partial charge on any atom is -0.396 e. The van der Waals surface area contributed by atoms with Crippen LogP contribution in [-0.4, -0.2) is 17.6 Å². The molecule has 2 unspecified atom stereocenters. The third-order valence-electron chi connectivity index (χ3n) is 3.12. The van der Waals surface area contributed by atoms with Crippen molar-refractivity contribution in [1.82, 2.24) is 4.98 Å². The first-order valence-corrected chi connectivity index (χ1v) is 4.83. The van der Waals surface area contributed by atoms with Gasteiger partial charge in [-0.25, -0.2) is 4.98 Å². The monoisotopic (exact) mass is 175 g/mol. The van der Waals surface area contributed by atoms with E-state index in [0.29, 0.717) is 0 Å². The zero-order chi connectivity index (χ0) is 8.84. The van der Waals surface area contributed by atoms with E-state index in [1.165, 1.54) is 12.8 Å². The molecule has 1 saturated carbocycles. The molecule has 3 nitrogen and oxygen atoms in total. The number of nitrogen functional groups attached to an aromatic ring is 1. The Morgan fingerprint density at radius 1 is 1.54 bits per heavy atom. The predicted molar refractivity (Wildman–Crippen MR) is 52.5 cm³/mol. The molecule has 2 aliphatic rings. The minimum atomic E-state index is 0.747. The molecule has 2 N–H and O–H groups in total. The van der Waals surface area contributed by atoms with Crippen LogP contribution in [0.4, 0.5) is 11.5 Å². The lowest BCUT2D eigenvalue weighted by Gasteiger charge is -2.20. The Balaban J connectivity index is 1.95. The van der Waals surface area contributed by atoms with E-state index in [0.717, 1.165) is 30.0 Å². The summed E-state index contributed by atoms with van der Waals surface area (Å²) in [5, 5.41) is 0. The van der Waals surface area contributed by atoms with Crippen molar-refractivity contribution >= 4 is 11.5 Å². The number of anilines is 2. The van der Waals surface area contributed by atoms with Crippen LogP contribution in [0, 0.1) is 5.92 Å². The fourth-order valence-electron chi connectivity index (χ4n) is 2.31. The summed E-state index contributed by atoms with van der Waals surface area (Å²) in [5.74, 6) is 1.92. The Bertz CT molecular complexity index is 337. The fraction of sp³-hybridized carbons (Fsp3) is 0.500. The predicted octanol–water partition coefficient (Wildman–Crippen LogP) is 1.26. The Morgan fingerprint density at radius 2 is 2.46 bits per heavy atom. The van der Waals surface area contributed by atoms with Crippen LogP contribution < -0.4 is 10.6 Å². The zero-order valence-electron chi connectivity index (χ0n) is 7.48. The molecule has 68 valence electrons. The highest BCUT2D eigenvalue weighted by atomic mass is 15.3. The number of hydrogen-bond donors (Lipinski definition) is 1. The summed E-state index contributed by atoms with van der Waals surface area (Å²) < 4.78 is 0. The van der Waals surface area contributed by atoms with Gasteiger partial charge < -0.3 is 10.6 Å². The van der Waals surface area contributed by atoms with Crippen molar-refractivity contribution in [3.63, 3.8) is 0 Å². The highest BCUT2D eigenvalue weighted by Crippen LogP contribution is 2.46. The maximum Gasteiger partial charge on any atom is 0.152 e. The molecule has 1 saturated heterocycles. The van der Waals surface area contributed by atoms with Gasteiger partial charge in [-0.2, -0.15) is 0 Å². The van der Waals surface area contributed by atoms with Gasteiger partial charge in [0.2, 0.25) is 0 Å². The molecule has 13 heavy (non-hydrogen) atoms. The van der Waals surface area contributed by atoms with Gasteiger partial charge in [-0.1, -0.05) is 0 Å². The van der Waals surface area contributed by atoms with E-state index in [9.17, 15) is 0 Å². The third kappa shape index (κ3) is 0.996. The van der Waals surface area contributed by atoms with Gasteiger partial charge in [0.05, 0.1) is 5.69 Å². The second-order valence-electron chi connectivity index (χ2n) is 3.96. The van der Waals surface area contributed by atoms with Crippen LogP contribution in [0.25, 0.3) is 0 Å². The van der Waals surface area contributed by atoms with Crippen molar-refractivity contribution in [2.24, 2.45) is 5.92 Å². The van der Waals surface area contributed by atoms with E-state index in [1.807, 2.05) is 18.3 Å². The highest BCUT2D eigenvalue weighted by molar-refractivity contribution is 5.64. The SMILES string of the molecule is Nc1cccnc1N1CCC2CC21. The first-order valence-electron chi connectivity index (χ1n) is 4.83. The lowest BCUT2D eigenvalue weighted by molar-refractivity contribution is 0.793. The molecule has 0 amide bonds. The van der Waals surface area contributed by atoms with E-state index >= 15 is 0 Å². The molecule has 0 bridgehead atoms. The fourth-order valence-corrected chi connectivity index (χ4v) is 2.31. The van der Waals surface area contributed by atoms with Crippen LogP contribution in [0.3, 0.4) is 0 Å². The smallest absolute Gasteiger partial charge is 0.152 e. The average molecular weight is 175 g/mol. The van der Waals surface area contributed by atoms with Gasteiger partial charge in [-0.15, -0.1) is 0 Å². The molecule has 3 rings (SSSR count). The molecule has 2 atom stereocenters. The molecule has 1 aliphatic heterocycles. The standard InChI is InChI=1S/C10H13N3/c11-8-2-1-4-12-10(8)13-5-3-7-6-9(7)13/h1-2,4,7,9H,3,5-6,11H2. The lowest BCUT2D eigenvalue weighted by Crippen LogP contribution is -2.24. The Labute approximate surface area is 77.6 Å². The van der Waals surface area contributed by atoms with Gasteiger partial charge in [-0.3, -0.25) is 0 Å². The maximum atomic E-state index is 5.88. The topological polar surface area (TPSA) is 42.1 Å². The summed E-state index contributed by atoms with van der Waals surface area (Å²) in [7, 11) is 0. The molecule has 1 aromatic rings. The van der Waals surface area contributed by atoms with Crippen LogP contribution in [-0.2, 0) is 0 Å². The summed E-state index contributed by atoms with van der Waals surface area (Å²) in [6.45, 7) is 1.14. The number of nitrogens with two attached hydrogens (primary N) is 1. The highest BCUT2D eigenvalue weighted by Gasteiger charge is 2.47. The lowest BCUT2D eigenvalue weighted by atomic mass is 10.3. The van der Waals surface area contributed by atoms with Gasteiger partial charge in [0.15, 0.2) is 5.82 Å². The number of nitrogens with zero attached hydrogens (tertiary/aromatic N) is 2. The minimum absolute atomic E-state index is 0.747. The van der Waals surface area contributed by atoms with Crippen LogP contribution in [0.1, 0.15) is 12.8 Å². The van der Waals surface area contributed by atoms with E-state index in [2.05, 4.69) is 9.88 Å². The second-order valence-corrected chi connectivity index (χ2v) is 3.96. The van der Waals surface area contributed by atoms with Crippen molar-refractivity contribution in [2.75, 3.05) is 17.2 Å². The summed E-state index contributed by atoms with van der Waals surface area (Å²) in [4.78, 5) is 6.70. The molecule has 0 spiro atoms. The Morgan fingerprint density at radius 3 is 3.08 bits per heavy atom. The summed E-state index contributed by atoms with van der Waals surface area (Å²) in [6.07, 6.45) is 4.48. The molecule has 3 heteroatoms. The molecule has 1 aliphatic carbocycles. The first kappa shape index (κ1) is 7.18. The third-order valence-corrected chi connectivity index (χ3v) is 3.12. The molecule has 2 heterocycles. The molecule has 2 fully saturated rings. The summed E-state index contributed by atoms with van der Waals surface area (Å²) in [6, 6.07) is 4.56. The van der Waals surface area contributed by atoms with Crippen molar-refractivity contribution in [3.8, 4) is 0 Å². The molecule has 0 radical (unpaired) electrons. The quantitative estimate of drug-likeness (QED) is 0.698. The van der Waals surface area contributed by atoms with Crippen molar-refractivity contribution in [1.29, 1.82) is 0 Å². The maximum absolute atomic E-state index is 5.88. The number of piperidine rings is 1. The van der Waals surface area contributed by atoms with Gasteiger partial charge in [0.1, 0.15) is 0 Å². The first-order chi connectivity index (χ1) is 6.36. The number of pyridine rings is 1. The number of aromatic nitrogens is 1. The van der Waals surface area contributed by atoms with E-state index < -0.39 is 0 Å². The second kappa shape index (κ2) is 2.37. The molecule has 1 aromatic heterocycles. The largest absolute Gasteiger partial charge is 0.396 e. The van der Waals surface area contributed by atoms with Crippen molar-refractivity contribution in [3.05, 3.63) is 18.3 Å². The van der Waals surface area contributed by atoms with Gasteiger partial charge in [0, 0.05) is 18.8 Å². The van der Waals surface area contributed by atoms with E-state index in [4.69, 9.17) is 5.73 Å². The van der Waals surface area contributed by atoms with Crippen LogP contribution in [0.5, 0.6) is 0 Å². The van der Waals surface area contributed by atoms with Gasteiger partial charge in [0.25, 0.3) is 0 Å². The molecule has 0 aromatic carbocycles. The summed E-state index contributed by atoms with van der Waals surface area (Å²) >= 11 is 0. The van der Waals surface area contributed by atoms with Gasteiger partial charge >= 0.3 is 0 Å². The Kier molecular flexibility index (Phi) is 1.31. The van der Waals surface area contributed by atoms with E-state index in [-0.39, 0.29) is 0 Å². The molecular weight excluding hydrogens is 162 g/mol. The van der Waals surface area contributed by atoms with Crippen LogP contribution in [0.15, 0.2) is 18.3 Å². The summed E-state index contributed by atoms with van der Waals surface area (Å²) in [5.41, 5.74) is 6.69. The van der Waals surface area contributed by atoms with Crippen molar-refractivity contribution in [2.45, 2.75) is 18.9 Å². The zero-order valence-corrected chi connectivity index (χ0v) is 7.48. The van der Waals surface area contributed by atoms with Crippen LogP contribution in [0.2, 0.25) is 0 Å². The molecular formula is C10H13N3. The number of hydrogen-bond acceptors (Lipinski definition) is 3. The number of fused-ring (bicyclic) bond motifs is 1.